The van der Waals surface area contributed by atoms with E-state index >= 15 is 0 Å². The van der Waals surface area contributed by atoms with Gasteiger partial charge < -0.3 is 15.5 Å². The monoisotopic (exact) mass is 488 g/mol. The number of nitrogens with zero attached hydrogens (tertiary/aromatic N) is 4. The van der Waals surface area contributed by atoms with Gasteiger partial charge in [-0.3, -0.25) is 0 Å². The van der Waals surface area contributed by atoms with Gasteiger partial charge in [0.15, 0.2) is 0 Å². The van der Waals surface area contributed by atoms with E-state index in [4.69, 9.17) is 0 Å². The molecule has 1 aromatic carbocycles. The number of hydrogen-bond acceptors (Lipinski definition) is 6. The van der Waals surface area contributed by atoms with Crippen molar-refractivity contribution in [1.29, 1.82) is 5.26 Å². The van der Waals surface area contributed by atoms with E-state index < -0.39 is 17.6 Å². The van der Waals surface area contributed by atoms with Crippen molar-refractivity contribution in [2.75, 3.05) is 30.3 Å². The molecule has 3 heterocycles. The fraction of sp³-hybridized carbons (Fsp3) is 0.560. The number of piperidine rings is 2. The molecule has 35 heavy (non-hydrogen) atoms. The van der Waals surface area contributed by atoms with Crippen LogP contribution in [-0.4, -0.2) is 40.5 Å². The van der Waals surface area contributed by atoms with Crippen LogP contribution in [0.15, 0.2) is 18.3 Å². The van der Waals surface area contributed by atoms with E-state index in [-0.39, 0.29) is 29.3 Å². The highest BCUT2D eigenvalue weighted by Crippen LogP contribution is 2.43. The highest BCUT2D eigenvalue weighted by atomic mass is 19.4. The third kappa shape index (κ3) is 5.20. The maximum Gasteiger partial charge on any atom is 0.421 e. The number of aromatic nitrogens is 2. The molecule has 1 aliphatic carbocycles. The lowest BCUT2D eigenvalue weighted by molar-refractivity contribution is -0.137. The van der Waals surface area contributed by atoms with Crippen LogP contribution in [0.4, 0.5) is 35.0 Å². The Balaban J connectivity index is 1.37. The molecule has 2 saturated heterocycles. The molecule has 0 bridgehead atoms. The van der Waals surface area contributed by atoms with Crippen molar-refractivity contribution >= 4 is 17.5 Å². The maximum absolute atomic E-state index is 14.7. The van der Waals surface area contributed by atoms with Gasteiger partial charge in [-0.2, -0.15) is 23.4 Å². The Morgan fingerprint density at radius 1 is 1.09 bits per heavy atom. The van der Waals surface area contributed by atoms with Crippen LogP contribution in [0.5, 0.6) is 0 Å². The van der Waals surface area contributed by atoms with E-state index in [9.17, 15) is 22.8 Å². The van der Waals surface area contributed by atoms with Crippen LogP contribution in [0, 0.1) is 23.1 Å². The van der Waals surface area contributed by atoms with Gasteiger partial charge in [-0.25, -0.2) is 9.37 Å². The van der Waals surface area contributed by atoms with Gasteiger partial charge in [-0.15, -0.1) is 0 Å². The Morgan fingerprint density at radius 3 is 2.63 bits per heavy atom. The average Bonchev–Trinajstić information content (AvgIpc) is 3.68. The van der Waals surface area contributed by atoms with Gasteiger partial charge in [0.05, 0.1) is 17.3 Å². The Bertz CT molecular complexity index is 1120. The number of alkyl halides is 3. The van der Waals surface area contributed by atoms with E-state index in [0.717, 1.165) is 51.6 Å². The Labute approximate surface area is 201 Å². The SMILES string of the molecule is N#Cc1cc(Nc2ncc(C(F)(F)F)c(NC[C@@H]3CCCN4CCCC[C@H]34)n2)c(F)cc1C1CC1. The lowest BCUT2D eigenvalue weighted by Crippen LogP contribution is -2.49. The van der Waals surface area contributed by atoms with Gasteiger partial charge in [-0.05, 0) is 81.1 Å². The van der Waals surface area contributed by atoms with Gasteiger partial charge in [0.2, 0.25) is 5.95 Å². The summed E-state index contributed by atoms with van der Waals surface area (Å²) >= 11 is 0. The van der Waals surface area contributed by atoms with Gasteiger partial charge in [0.25, 0.3) is 0 Å². The summed E-state index contributed by atoms with van der Waals surface area (Å²) in [6.07, 6.45) is 3.28. The number of hydrogen-bond donors (Lipinski definition) is 2. The summed E-state index contributed by atoms with van der Waals surface area (Å²) < 4.78 is 55.8. The Morgan fingerprint density at radius 2 is 1.89 bits per heavy atom. The summed E-state index contributed by atoms with van der Waals surface area (Å²) in [7, 11) is 0. The van der Waals surface area contributed by atoms with Gasteiger partial charge in [0.1, 0.15) is 17.2 Å². The first-order chi connectivity index (χ1) is 16.8. The predicted octanol–water partition coefficient (Wildman–Crippen LogP) is 5.80. The fourth-order valence-electron chi connectivity index (χ4n) is 5.46. The summed E-state index contributed by atoms with van der Waals surface area (Å²) in [5.41, 5.74) is 0.00916. The van der Waals surface area contributed by atoms with Crippen molar-refractivity contribution in [1.82, 2.24) is 14.9 Å². The van der Waals surface area contributed by atoms with Crippen LogP contribution < -0.4 is 10.6 Å². The minimum atomic E-state index is -4.63. The first kappa shape index (κ1) is 23.8. The number of fused-ring (bicyclic) bond motifs is 1. The molecule has 3 aliphatic rings. The first-order valence-corrected chi connectivity index (χ1v) is 12.3. The summed E-state index contributed by atoms with van der Waals surface area (Å²) in [6, 6.07) is 5.15. The summed E-state index contributed by atoms with van der Waals surface area (Å²) in [5.74, 6) is -0.652. The molecule has 5 rings (SSSR count). The standard InChI is InChI=1S/C25H28F4N6/c26-20-11-18(15-6-7-15)17(12-30)10-21(20)33-24-32-14-19(25(27,28)29)23(34-24)31-13-16-4-3-9-35-8-2-1-5-22(16)35/h10-11,14-16,22H,1-9,13H2,(H2,31,32,33,34)/t16-,22+/m0/s1. The van der Waals surface area contributed by atoms with Crippen LogP contribution in [0.2, 0.25) is 0 Å². The second-order valence-electron chi connectivity index (χ2n) is 9.77. The van der Waals surface area contributed by atoms with Crippen LogP contribution in [0.25, 0.3) is 0 Å². The summed E-state index contributed by atoms with van der Waals surface area (Å²) in [6.45, 7) is 2.47. The van der Waals surface area contributed by atoms with Gasteiger partial charge >= 0.3 is 6.18 Å². The molecular weight excluding hydrogens is 460 g/mol. The molecule has 0 radical (unpaired) electrons. The second-order valence-corrected chi connectivity index (χ2v) is 9.77. The fourth-order valence-corrected chi connectivity index (χ4v) is 5.46. The normalized spacial score (nSPS) is 22.8. The number of benzene rings is 1. The first-order valence-electron chi connectivity index (χ1n) is 12.3. The second kappa shape index (κ2) is 9.61. The lowest BCUT2D eigenvalue weighted by Gasteiger charge is -2.44. The zero-order valence-corrected chi connectivity index (χ0v) is 19.3. The number of nitrogens with one attached hydrogen (secondary N) is 2. The third-order valence-corrected chi connectivity index (χ3v) is 7.38. The predicted molar refractivity (Wildman–Crippen MR) is 124 cm³/mol. The molecule has 10 heteroatoms. The minimum absolute atomic E-state index is 0.0400. The Kier molecular flexibility index (Phi) is 6.53. The van der Waals surface area contributed by atoms with E-state index in [2.05, 4.69) is 31.6 Å². The molecule has 1 aromatic heterocycles. The number of nitriles is 1. The molecule has 6 nitrogen and oxygen atoms in total. The topological polar surface area (TPSA) is 76.9 Å². The van der Waals surface area contributed by atoms with Crippen LogP contribution in [0.3, 0.4) is 0 Å². The third-order valence-electron chi connectivity index (χ3n) is 7.38. The molecule has 2 N–H and O–H groups in total. The molecule has 0 amide bonds. The lowest BCUT2D eigenvalue weighted by atomic mass is 9.83. The highest BCUT2D eigenvalue weighted by Gasteiger charge is 2.37. The highest BCUT2D eigenvalue weighted by molar-refractivity contribution is 5.61. The molecule has 0 spiro atoms. The van der Waals surface area contributed by atoms with Crippen LogP contribution in [0.1, 0.15) is 67.6 Å². The van der Waals surface area contributed by atoms with Crippen molar-refractivity contribution in [2.45, 2.75) is 63.1 Å². The summed E-state index contributed by atoms with van der Waals surface area (Å²) in [5, 5.41) is 15.1. The zero-order valence-electron chi connectivity index (χ0n) is 19.3. The van der Waals surface area contributed by atoms with Crippen LogP contribution in [-0.2, 0) is 6.18 Å². The van der Waals surface area contributed by atoms with E-state index in [1.807, 2.05) is 0 Å². The minimum Gasteiger partial charge on any atom is -0.369 e. The molecule has 2 aliphatic heterocycles. The Hall–Kier alpha value is -2.93. The largest absolute Gasteiger partial charge is 0.421 e. The van der Waals surface area contributed by atoms with E-state index in [0.29, 0.717) is 29.9 Å². The van der Waals surface area contributed by atoms with Crippen molar-refractivity contribution < 1.29 is 17.6 Å². The van der Waals surface area contributed by atoms with E-state index in [1.54, 1.807) is 0 Å². The molecule has 186 valence electrons. The van der Waals surface area contributed by atoms with Crippen molar-refractivity contribution in [3.8, 4) is 6.07 Å². The smallest absolute Gasteiger partial charge is 0.369 e. The summed E-state index contributed by atoms with van der Waals surface area (Å²) in [4.78, 5) is 10.3. The van der Waals surface area contributed by atoms with Gasteiger partial charge in [-0.1, -0.05) is 6.42 Å². The van der Waals surface area contributed by atoms with E-state index in [1.165, 1.54) is 18.6 Å². The molecular formula is C25H28F4N6. The maximum atomic E-state index is 14.7. The number of rotatable bonds is 6. The number of anilines is 3. The molecule has 3 fully saturated rings. The quantitative estimate of drug-likeness (QED) is 0.500. The molecule has 1 saturated carbocycles. The zero-order chi connectivity index (χ0) is 24.6. The molecule has 2 aromatic rings. The molecule has 0 unspecified atom stereocenters. The van der Waals surface area contributed by atoms with Crippen molar-refractivity contribution in [3.63, 3.8) is 0 Å². The van der Waals surface area contributed by atoms with Crippen LogP contribution >= 0.6 is 0 Å². The van der Waals surface area contributed by atoms with Crippen molar-refractivity contribution in [2.24, 2.45) is 5.92 Å². The molecule has 2 atom stereocenters. The van der Waals surface area contributed by atoms with Gasteiger partial charge in [0, 0.05) is 18.8 Å². The van der Waals surface area contributed by atoms with Crippen molar-refractivity contribution in [3.05, 3.63) is 40.8 Å². The number of halogens is 4. The average molecular weight is 489 g/mol.